The molecule has 144 valence electrons. The zero-order chi connectivity index (χ0) is 19.6. The molecule has 2 rings (SSSR count). The summed E-state index contributed by atoms with van der Waals surface area (Å²) >= 11 is 2.07. The molecule has 27 heavy (non-hydrogen) atoms. The SMILES string of the molecule is CCOCCOc1ccccc1C(=O)NNC(=O)c1ccc(OC)c(I)c1. The number of carbonyl (C=O) groups is 2. The van der Waals surface area contributed by atoms with E-state index in [2.05, 4.69) is 33.4 Å². The van der Waals surface area contributed by atoms with E-state index in [1.54, 1.807) is 49.6 Å². The van der Waals surface area contributed by atoms with Crippen molar-refractivity contribution in [2.45, 2.75) is 6.92 Å². The Morgan fingerprint density at radius 1 is 1.00 bits per heavy atom. The third kappa shape index (κ3) is 6.10. The van der Waals surface area contributed by atoms with Gasteiger partial charge in [-0.3, -0.25) is 20.4 Å². The van der Waals surface area contributed by atoms with Gasteiger partial charge in [0.2, 0.25) is 0 Å². The molecule has 0 spiro atoms. The van der Waals surface area contributed by atoms with Crippen LogP contribution in [0.3, 0.4) is 0 Å². The van der Waals surface area contributed by atoms with Crippen molar-refractivity contribution in [1.82, 2.24) is 10.9 Å². The van der Waals surface area contributed by atoms with Crippen LogP contribution in [0.4, 0.5) is 0 Å². The quantitative estimate of drug-likeness (QED) is 0.342. The summed E-state index contributed by atoms with van der Waals surface area (Å²) in [6.45, 7) is 3.25. The average molecular weight is 484 g/mol. The lowest BCUT2D eigenvalue weighted by Gasteiger charge is -2.12. The fourth-order valence-electron chi connectivity index (χ4n) is 2.20. The second-order valence-corrected chi connectivity index (χ2v) is 6.46. The van der Waals surface area contributed by atoms with Crippen molar-refractivity contribution in [3.05, 3.63) is 57.2 Å². The summed E-state index contributed by atoms with van der Waals surface area (Å²) in [6, 6.07) is 11.8. The van der Waals surface area contributed by atoms with E-state index in [1.807, 2.05) is 6.92 Å². The van der Waals surface area contributed by atoms with Gasteiger partial charge in [-0.05, 0) is 59.8 Å². The predicted octanol–water partition coefficient (Wildman–Crippen LogP) is 2.79. The van der Waals surface area contributed by atoms with E-state index in [0.29, 0.717) is 42.4 Å². The number of ether oxygens (including phenoxy) is 3. The molecule has 0 unspecified atom stereocenters. The molecule has 7 nitrogen and oxygen atoms in total. The molecule has 0 heterocycles. The molecule has 0 radical (unpaired) electrons. The van der Waals surface area contributed by atoms with E-state index < -0.39 is 11.8 Å². The summed E-state index contributed by atoms with van der Waals surface area (Å²) in [5.74, 6) is 0.189. The molecule has 0 aromatic heterocycles. The van der Waals surface area contributed by atoms with E-state index in [1.165, 1.54) is 0 Å². The first kappa shape index (κ1) is 21.0. The highest BCUT2D eigenvalue weighted by atomic mass is 127. The third-order valence-corrected chi connectivity index (χ3v) is 4.37. The maximum atomic E-state index is 12.4. The van der Waals surface area contributed by atoms with Gasteiger partial charge in [-0.15, -0.1) is 0 Å². The number of halogens is 1. The van der Waals surface area contributed by atoms with E-state index in [-0.39, 0.29) is 0 Å². The number of nitrogens with one attached hydrogen (secondary N) is 2. The zero-order valence-electron chi connectivity index (χ0n) is 15.1. The van der Waals surface area contributed by atoms with Crippen molar-refractivity contribution in [3.63, 3.8) is 0 Å². The van der Waals surface area contributed by atoms with Gasteiger partial charge in [-0.25, -0.2) is 0 Å². The Morgan fingerprint density at radius 3 is 2.44 bits per heavy atom. The lowest BCUT2D eigenvalue weighted by molar-refractivity contribution is 0.0840. The Hall–Kier alpha value is -2.33. The Balaban J connectivity index is 1.97. The number of rotatable bonds is 8. The van der Waals surface area contributed by atoms with E-state index in [4.69, 9.17) is 14.2 Å². The van der Waals surface area contributed by atoms with Gasteiger partial charge in [0.15, 0.2) is 0 Å². The van der Waals surface area contributed by atoms with Gasteiger partial charge in [-0.1, -0.05) is 12.1 Å². The van der Waals surface area contributed by atoms with Crippen LogP contribution in [0, 0.1) is 3.57 Å². The minimum Gasteiger partial charge on any atom is -0.496 e. The maximum Gasteiger partial charge on any atom is 0.273 e. The summed E-state index contributed by atoms with van der Waals surface area (Å²) in [4.78, 5) is 24.6. The minimum atomic E-state index is -0.474. The molecular formula is C19H21IN2O5. The Labute approximate surface area is 171 Å². The summed E-state index contributed by atoms with van der Waals surface area (Å²) in [6.07, 6.45) is 0. The van der Waals surface area contributed by atoms with Gasteiger partial charge in [0.1, 0.15) is 18.1 Å². The largest absolute Gasteiger partial charge is 0.496 e. The van der Waals surface area contributed by atoms with Gasteiger partial charge in [0, 0.05) is 12.2 Å². The van der Waals surface area contributed by atoms with Crippen molar-refractivity contribution in [2.75, 3.05) is 26.9 Å². The number of methoxy groups -OCH3 is 1. The van der Waals surface area contributed by atoms with Crippen LogP contribution in [-0.4, -0.2) is 38.7 Å². The van der Waals surface area contributed by atoms with Gasteiger partial charge in [-0.2, -0.15) is 0 Å². The van der Waals surface area contributed by atoms with Crippen molar-refractivity contribution in [2.24, 2.45) is 0 Å². The highest BCUT2D eigenvalue weighted by Gasteiger charge is 2.14. The monoisotopic (exact) mass is 484 g/mol. The molecule has 0 aliphatic heterocycles. The summed E-state index contributed by atoms with van der Waals surface area (Å²) in [5, 5.41) is 0. The van der Waals surface area contributed by atoms with Crippen molar-refractivity contribution >= 4 is 34.4 Å². The number of para-hydroxylation sites is 1. The molecule has 2 aromatic rings. The van der Waals surface area contributed by atoms with Crippen molar-refractivity contribution in [1.29, 1.82) is 0 Å². The van der Waals surface area contributed by atoms with Crippen LogP contribution in [-0.2, 0) is 4.74 Å². The van der Waals surface area contributed by atoms with E-state index >= 15 is 0 Å². The lowest BCUT2D eigenvalue weighted by Crippen LogP contribution is -2.41. The van der Waals surface area contributed by atoms with Crippen LogP contribution in [0.1, 0.15) is 27.6 Å². The fraction of sp³-hybridized carbons (Fsp3) is 0.263. The van der Waals surface area contributed by atoms with E-state index in [0.717, 1.165) is 3.57 Å². The number of amides is 2. The summed E-state index contributed by atoms with van der Waals surface area (Å²) in [7, 11) is 1.56. The molecule has 8 heteroatoms. The molecule has 0 atom stereocenters. The number of hydrogen-bond acceptors (Lipinski definition) is 5. The molecule has 0 fully saturated rings. The smallest absolute Gasteiger partial charge is 0.273 e. The lowest BCUT2D eigenvalue weighted by atomic mass is 10.2. The maximum absolute atomic E-state index is 12.4. The topological polar surface area (TPSA) is 85.9 Å². The summed E-state index contributed by atoms with van der Waals surface area (Å²) in [5.41, 5.74) is 5.53. The van der Waals surface area contributed by atoms with Crippen molar-refractivity contribution < 1.29 is 23.8 Å². The molecule has 0 saturated carbocycles. The van der Waals surface area contributed by atoms with Crippen LogP contribution in [0.5, 0.6) is 11.5 Å². The first-order valence-electron chi connectivity index (χ1n) is 8.30. The molecule has 2 aromatic carbocycles. The van der Waals surface area contributed by atoms with Crippen LogP contribution in [0.25, 0.3) is 0 Å². The van der Waals surface area contributed by atoms with Gasteiger partial charge < -0.3 is 14.2 Å². The van der Waals surface area contributed by atoms with Crippen molar-refractivity contribution in [3.8, 4) is 11.5 Å². The molecular weight excluding hydrogens is 463 g/mol. The highest BCUT2D eigenvalue weighted by Crippen LogP contribution is 2.21. The Bertz CT molecular complexity index is 797. The second-order valence-electron chi connectivity index (χ2n) is 5.30. The molecule has 0 aliphatic rings. The zero-order valence-corrected chi connectivity index (χ0v) is 17.2. The number of carbonyl (C=O) groups excluding carboxylic acids is 2. The van der Waals surface area contributed by atoms with E-state index in [9.17, 15) is 9.59 Å². The normalized spacial score (nSPS) is 10.2. The first-order valence-corrected chi connectivity index (χ1v) is 9.38. The average Bonchev–Trinajstić information content (AvgIpc) is 2.69. The molecule has 0 aliphatic carbocycles. The third-order valence-electron chi connectivity index (χ3n) is 3.52. The first-order chi connectivity index (χ1) is 13.1. The van der Waals surface area contributed by atoms with Crippen LogP contribution < -0.4 is 20.3 Å². The van der Waals surface area contributed by atoms with Crippen LogP contribution >= 0.6 is 22.6 Å². The standard InChI is InChI=1S/C19H21IN2O5/c1-3-26-10-11-27-16-7-5-4-6-14(16)19(24)22-21-18(23)13-8-9-17(25-2)15(20)12-13/h4-9,12H,3,10-11H2,1-2H3,(H,21,23)(H,22,24). The summed E-state index contributed by atoms with van der Waals surface area (Å²) < 4.78 is 16.8. The number of hydrogen-bond donors (Lipinski definition) is 2. The fourth-order valence-corrected chi connectivity index (χ4v) is 2.93. The molecule has 0 bridgehead atoms. The van der Waals surface area contributed by atoms with Gasteiger partial charge in [0.25, 0.3) is 11.8 Å². The predicted molar refractivity (Wildman–Crippen MR) is 109 cm³/mol. The Morgan fingerprint density at radius 2 is 1.74 bits per heavy atom. The highest BCUT2D eigenvalue weighted by molar-refractivity contribution is 14.1. The van der Waals surface area contributed by atoms with Crippen LogP contribution in [0.15, 0.2) is 42.5 Å². The van der Waals surface area contributed by atoms with Gasteiger partial charge in [0.05, 0.1) is 22.9 Å². The minimum absolute atomic E-state index is 0.318. The number of hydrazine groups is 1. The molecule has 2 amide bonds. The Kier molecular flexibility index (Phi) is 8.34. The van der Waals surface area contributed by atoms with Crippen LogP contribution in [0.2, 0.25) is 0 Å². The number of benzene rings is 2. The molecule has 0 saturated heterocycles. The van der Waals surface area contributed by atoms with Gasteiger partial charge >= 0.3 is 0 Å². The molecule has 2 N–H and O–H groups in total. The second kappa shape index (κ2) is 10.7.